The Morgan fingerprint density at radius 3 is 3.17 bits per heavy atom. The molecule has 2 rings (SSSR count). The highest BCUT2D eigenvalue weighted by Gasteiger charge is 2.15. The molecule has 1 heterocycles. The second-order valence-electron chi connectivity index (χ2n) is 4.27. The molecule has 1 atom stereocenters. The van der Waals surface area contributed by atoms with Gasteiger partial charge in [-0.25, -0.2) is 0 Å². The van der Waals surface area contributed by atoms with Crippen molar-refractivity contribution in [3.63, 3.8) is 0 Å². The second-order valence-corrected chi connectivity index (χ2v) is 4.27. The van der Waals surface area contributed by atoms with Crippen molar-refractivity contribution in [2.75, 3.05) is 19.8 Å². The minimum absolute atomic E-state index is 0.109. The molecular weight excluding hydrogens is 228 g/mol. The van der Waals surface area contributed by atoms with E-state index in [0.717, 1.165) is 24.2 Å². The molecule has 3 nitrogen and oxygen atoms in total. The first-order valence-electron chi connectivity index (χ1n) is 6.26. The van der Waals surface area contributed by atoms with Crippen LogP contribution in [-0.4, -0.2) is 31.0 Å². The predicted octanol–water partition coefficient (Wildman–Crippen LogP) is 1.73. The van der Waals surface area contributed by atoms with Crippen molar-refractivity contribution in [2.45, 2.75) is 25.6 Å². The average Bonchev–Trinajstić information content (AvgIpc) is 2.90. The van der Waals surface area contributed by atoms with Crippen molar-refractivity contribution < 1.29 is 14.6 Å². The molecule has 1 saturated heterocycles. The van der Waals surface area contributed by atoms with Crippen LogP contribution in [0.25, 0.3) is 0 Å². The first-order chi connectivity index (χ1) is 8.88. The van der Waals surface area contributed by atoms with Gasteiger partial charge in [-0.1, -0.05) is 24.0 Å². The lowest BCUT2D eigenvalue weighted by molar-refractivity contribution is 0.0317. The van der Waals surface area contributed by atoms with E-state index in [1.165, 1.54) is 0 Å². The molecule has 96 valence electrons. The Hall–Kier alpha value is -1.34. The lowest BCUT2D eigenvalue weighted by Crippen LogP contribution is -2.11. The van der Waals surface area contributed by atoms with Crippen LogP contribution < -0.4 is 0 Å². The van der Waals surface area contributed by atoms with Crippen LogP contribution in [0.5, 0.6) is 0 Å². The number of aliphatic hydroxyl groups excluding tert-OH is 1. The van der Waals surface area contributed by atoms with Crippen molar-refractivity contribution in [2.24, 2.45) is 0 Å². The number of rotatable bonds is 4. The van der Waals surface area contributed by atoms with Gasteiger partial charge in [0.2, 0.25) is 0 Å². The Balaban J connectivity index is 1.88. The van der Waals surface area contributed by atoms with E-state index in [0.29, 0.717) is 19.6 Å². The van der Waals surface area contributed by atoms with Crippen molar-refractivity contribution in [1.29, 1.82) is 0 Å². The third-order valence-corrected chi connectivity index (χ3v) is 2.77. The molecule has 1 aliphatic heterocycles. The largest absolute Gasteiger partial charge is 0.395 e. The van der Waals surface area contributed by atoms with Gasteiger partial charge in [0.15, 0.2) is 0 Å². The second kappa shape index (κ2) is 7.17. The van der Waals surface area contributed by atoms with E-state index in [1.54, 1.807) is 0 Å². The minimum Gasteiger partial charge on any atom is -0.395 e. The summed E-state index contributed by atoms with van der Waals surface area (Å²) in [7, 11) is 0. The zero-order valence-electron chi connectivity index (χ0n) is 10.4. The van der Waals surface area contributed by atoms with Gasteiger partial charge in [0, 0.05) is 18.6 Å². The van der Waals surface area contributed by atoms with Gasteiger partial charge in [-0.3, -0.25) is 0 Å². The Morgan fingerprint density at radius 1 is 1.44 bits per heavy atom. The lowest BCUT2D eigenvalue weighted by atomic mass is 10.1. The first kappa shape index (κ1) is 13.1. The minimum atomic E-state index is 0.109. The smallest absolute Gasteiger partial charge is 0.0834 e. The fraction of sp³-hybridized carbons (Fsp3) is 0.467. The summed E-state index contributed by atoms with van der Waals surface area (Å²) in [6.45, 7) is 2.22. The van der Waals surface area contributed by atoms with Crippen molar-refractivity contribution >= 4 is 0 Å². The summed E-state index contributed by atoms with van der Waals surface area (Å²) >= 11 is 0. The maximum Gasteiger partial charge on any atom is 0.0834 e. The molecule has 1 fully saturated rings. The molecule has 0 saturated carbocycles. The molecule has 3 heteroatoms. The summed E-state index contributed by atoms with van der Waals surface area (Å²) in [6, 6.07) is 8.01. The van der Waals surface area contributed by atoms with Gasteiger partial charge in [0.1, 0.15) is 0 Å². The van der Waals surface area contributed by atoms with Crippen LogP contribution in [0.1, 0.15) is 24.0 Å². The molecule has 1 unspecified atom stereocenters. The van der Waals surface area contributed by atoms with E-state index >= 15 is 0 Å². The Morgan fingerprint density at radius 2 is 2.39 bits per heavy atom. The summed E-state index contributed by atoms with van der Waals surface area (Å²) in [4.78, 5) is 0. The predicted molar refractivity (Wildman–Crippen MR) is 69.0 cm³/mol. The summed E-state index contributed by atoms with van der Waals surface area (Å²) in [5.41, 5.74) is 2.09. The van der Waals surface area contributed by atoms with E-state index in [2.05, 4.69) is 11.8 Å². The Labute approximate surface area is 108 Å². The van der Waals surface area contributed by atoms with E-state index in [9.17, 15) is 0 Å². The fourth-order valence-electron chi connectivity index (χ4n) is 1.82. The summed E-state index contributed by atoms with van der Waals surface area (Å²) < 4.78 is 11.0. The van der Waals surface area contributed by atoms with Gasteiger partial charge < -0.3 is 14.6 Å². The van der Waals surface area contributed by atoms with Crippen molar-refractivity contribution in [3.05, 3.63) is 35.4 Å². The topological polar surface area (TPSA) is 38.7 Å². The number of hydrogen-bond donors (Lipinski definition) is 1. The maximum absolute atomic E-state index is 8.67. The fourth-order valence-corrected chi connectivity index (χ4v) is 1.82. The number of aliphatic hydroxyl groups is 1. The first-order valence-corrected chi connectivity index (χ1v) is 6.26. The highest BCUT2D eigenvalue weighted by molar-refractivity contribution is 5.36. The van der Waals surface area contributed by atoms with Gasteiger partial charge in [-0.2, -0.15) is 0 Å². The average molecular weight is 246 g/mol. The normalized spacial score (nSPS) is 18.4. The number of benzene rings is 1. The molecule has 0 spiro atoms. The molecule has 18 heavy (non-hydrogen) atoms. The highest BCUT2D eigenvalue weighted by atomic mass is 16.5. The molecule has 1 aliphatic rings. The summed E-state index contributed by atoms with van der Waals surface area (Å²) in [5.74, 6) is 5.94. The van der Waals surface area contributed by atoms with Crippen LogP contribution in [0.2, 0.25) is 0 Å². The molecule has 0 radical (unpaired) electrons. The Bertz CT molecular complexity index is 425. The summed E-state index contributed by atoms with van der Waals surface area (Å²) in [5, 5.41) is 8.67. The van der Waals surface area contributed by atoms with Gasteiger partial charge in [-0.05, 0) is 24.1 Å². The van der Waals surface area contributed by atoms with E-state index in [4.69, 9.17) is 14.6 Å². The quantitative estimate of drug-likeness (QED) is 0.822. The monoisotopic (exact) mass is 246 g/mol. The molecule has 1 N–H and O–H groups in total. The van der Waals surface area contributed by atoms with Crippen LogP contribution in [-0.2, 0) is 16.1 Å². The molecule has 0 amide bonds. The van der Waals surface area contributed by atoms with E-state index in [-0.39, 0.29) is 12.7 Å². The molecular formula is C15H18O3. The zero-order chi connectivity index (χ0) is 12.6. The Kier molecular flexibility index (Phi) is 5.22. The molecule has 1 aromatic carbocycles. The van der Waals surface area contributed by atoms with Crippen LogP contribution in [0.15, 0.2) is 24.3 Å². The van der Waals surface area contributed by atoms with Crippen LogP contribution >= 0.6 is 0 Å². The van der Waals surface area contributed by atoms with E-state index in [1.807, 2.05) is 24.3 Å². The van der Waals surface area contributed by atoms with Gasteiger partial charge in [0.25, 0.3) is 0 Å². The van der Waals surface area contributed by atoms with Crippen LogP contribution in [0.4, 0.5) is 0 Å². The highest BCUT2D eigenvalue weighted by Crippen LogP contribution is 2.12. The standard InChI is InChI=1S/C15H18O3/c16-8-2-1-4-13-5-3-6-14(10-13)11-18-15-7-9-17-12-15/h3,5-6,10,15-16H,2,7-9,11-12H2. The lowest BCUT2D eigenvalue weighted by Gasteiger charge is -2.09. The van der Waals surface area contributed by atoms with Crippen LogP contribution in [0.3, 0.4) is 0 Å². The molecule has 0 aliphatic carbocycles. The number of hydrogen-bond acceptors (Lipinski definition) is 3. The van der Waals surface area contributed by atoms with Crippen molar-refractivity contribution in [1.82, 2.24) is 0 Å². The maximum atomic E-state index is 8.67. The molecule has 0 aromatic heterocycles. The van der Waals surface area contributed by atoms with Crippen molar-refractivity contribution in [3.8, 4) is 11.8 Å². The van der Waals surface area contributed by atoms with E-state index < -0.39 is 0 Å². The third-order valence-electron chi connectivity index (χ3n) is 2.77. The number of ether oxygens (including phenoxy) is 2. The molecule has 0 bridgehead atoms. The molecule has 1 aromatic rings. The van der Waals surface area contributed by atoms with Gasteiger partial charge in [-0.15, -0.1) is 0 Å². The third kappa shape index (κ3) is 4.15. The van der Waals surface area contributed by atoms with Crippen LogP contribution in [0, 0.1) is 11.8 Å². The van der Waals surface area contributed by atoms with Gasteiger partial charge >= 0.3 is 0 Å². The SMILES string of the molecule is OCCC#Cc1cccc(COC2CCOC2)c1. The zero-order valence-corrected chi connectivity index (χ0v) is 10.4. The summed E-state index contributed by atoms with van der Waals surface area (Å²) in [6.07, 6.45) is 1.73. The van der Waals surface area contributed by atoms with Gasteiger partial charge in [0.05, 0.1) is 25.9 Å².